The lowest BCUT2D eigenvalue weighted by Gasteiger charge is -2.03. The zero-order valence-electron chi connectivity index (χ0n) is 13.9. The highest BCUT2D eigenvalue weighted by atomic mass is 16.5. The second-order valence-electron chi connectivity index (χ2n) is 5.87. The number of ether oxygens (including phenoxy) is 1. The van der Waals surface area contributed by atoms with Gasteiger partial charge in [0.2, 0.25) is 0 Å². The summed E-state index contributed by atoms with van der Waals surface area (Å²) in [5.74, 6) is 0.959. The maximum atomic E-state index is 5.64. The predicted molar refractivity (Wildman–Crippen MR) is 92.8 cm³/mol. The zero-order valence-corrected chi connectivity index (χ0v) is 13.9. The van der Waals surface area contributed by atoms with Crippen molar-refractivity contribution in [1.29, 1.82) is 0 Å². The van der Waals surface area contributed by atoms with Crippen LogP contribution in [0.2, 0.25) is 0 Å². The Bertz CT molecular complexity index is 381. The summed E-state index contributed by atoms with van der Waals surface area (Å²) in [7, 11) is 0. The highest BCUT2D eigenvalue weighted by Gasteiger charge is 1.94. The summed E-state index contributed by atoms with van der Waals surface area (Å²) >= 11 is 0. The first-order valence-electron chi connectivity index (χ1n) is 8.72. The van der Waals surface area contributed by atoms with Crippen LogP contribution < -0.4 is 4.74 Å². The normalized spacial score (nSPS) is 11.1. The Kier molecular flexibility index (Phi) is 10.6. The highest BCUT2D eigenvalue weighted by molar-refractivity contribution is 5.32. The molecule has 1 aromatic carbocycles. The molecule has 0 fully saturated rings. The molecule has 0 aliphatic heterocycles. The van der Waals surface area contributed by atoms with E-state index in [4.69, 9.17) is 4.74 Å². The number of allylic oxidation sites excluding steroid dienone is 1. The van der Waals surface area contributed by atoms with Crippen molar-refractivity contribution in [3.05, 3.63) is 42.2 Å². The molecular formula is C20H32O. The van der Waals surface area contributed by atoms with Crippen LogP contribution in [-0.2, 0) is 0 Å². The van der Waals surface area contributed by atoms with E-state index in [9.17, 15) is 0 Å². The average molecular weight is 288 g/mol. The van der Waals surface area contributed by atoms with Crippen LogP contribution in [-0.4, -0.2) is 0 Å². The van der Waals surface area contributed by atoms with Gasteiger partial charge in [-0.05, 0) is 37.5 Å². The highest BCUT2D eigenvalue weighted by Crippen LogP contribution is 2.16. The molecule has 1 nitrogen and oxygen atoms in total. The standard InChI is InChI=1S/C20H32O/c1-3-4-5-6-7-8-9-10-11-12-15-18-21-20-17-14-13-16-19(20)2/h13-18H,3-12H2,1-2H3. The average Bonchev–Trinajstić information content (AvgIpc) is 2.50. The van der Waals surface area contributed by atoms with E-state index in [1.54, 1.807) is 0 Å². The van der Waals surface area contributed by atoms with E-state index < -0.39 is 0 Å². The molecule has 0 unspecified atom stereocenters. The van der Waals surface area contributed by atoms with Crippen LogP contribution in [0.1, 0.15) is 76.7 Å². The molecule has 0 saturated carbocycles. The molecular weight excluding hydrogens is 256 g/mol. The molecule has 1 rings (SSSR count). The Balaban J connectivity index is 1.92. The van der Waals surface area contributed by atoms with Gasteiger partial charge in [-0.15, -0.1) is 0 Å². The fraction of sp³-hybridized carbons (Fsp3) is 0.600. The van der Waals surface area contributed by atoms with Gasteiger partial charge in [0, 0.05) is 0 Å². The molecule has 21 heavy (non-hydrogen) atoms. The topological polar surface area (TPSA) is 9.23 Å². The zero-order chi connectivity index (χ0) is 15.2. The SMILES string of the molecule is CCCCCCCCCCCC=COc1ccccc1C. The van der Waals surface area contributed by atoms with Crippen molar-refractivity contribution in [1.82, 2.24) is 0 Å². The van der Waals surface area contributed by atoms with E-state index in [1.165, 1.54) is 63.4 Å². The molecule has 0 heterocycles. The Hall–Kier alpha value is -1.24. The molecule has 0 aliphatic rings. The van der Waals surface area contributed by atoms with E-state index in [0.29, 0.717) is 0 Å². The van der Waals surface area contributed by atoms with Gasteiger partial charge < -0.3 is 4.74 Å². The van der Waals surface area contributed by atoms with Gasteiger partial charge >= 0.3 is 0 Å². The largest absolute Gasteiger partial charge is 0.465 e. The summed E-state index contributed by atoms with van der Waals surface area (Å²) in [6.07, 6.45) is 17.6. The molecule has 0 N–H and O–H groups in total. The van der Waals surface area contributed by atoms with Crippen LogP contribution >= 0.6 is 0 Å². The maximum absolute atomic E-state index is 5.64. The van der Waals surface area contributed by atoms with Gasteiger partial charge in [-0.25, -0.2) is 0 Å². The molecule has 1 heteroatoms. The molecule has 1 aromatic rings. The monoisotopic (exact) mass is 288 g/mol. The first-order valence-corrected chi connectivity index (χ1v) is 8.72. The van der Waals surface area contributed by atoms with Gasteiger partial charge in [0.1, 0.15) is 5.75 Å². The lowest BCUT2D eigenvalue weighted by molar-refractivity contribution is 0.473. The molecule has 0 spiro atoms. The Morgan fingerprint density at radius 3 is 2.14 bits per heavy atom. The van der Waals surface area contributed by atoms with Gasteiger partial charge in [0.05, 0.1) is 6.26 Å². The van der Waals surface area contributed by atoms with Gasteiger partial charge in [-0.2, -0.15) is 0 Å². The fourth-order valence-corrected chi connectivity index (χ4v) is 2.45. The predicted octanol–water partition coefficient (Wildman–Crippen LogP) is 6.81. The molecule has 0 atom stereocenters. The summed E-state index contributed by atoms with van der Waals surface area (Å²) < 4.78 is 5.64. The van der Waals surface area contributed by atoms with Crippen LogP contribution in [0, 0.1) is 6.92 Å². The third kappa shape index (κ3) is 9.33. The van der Waals surface area contributed by atoms with Gasteiger partial charge in [-0.3, -0.25) is 0 Å². The van der Waals surface area contributed by atoms with E-state index in [2.05, 4.69) is 26.0 Å². The lowest BCUT2D eigenvalue weighted by Crippen LogP contribution is -1.85. The van der Waals surface area contributed by atoms with Crippen molar-refractivity contribution < 1.29 is 4.74 Å². The molecule has 0 amide bonds. The van der Waals surface area contributed by atoms with Crippen LogP contribution in [0.25, 0.3) is 0 Å². The van der Waals surface area contributed by atoms with Crippen LogP contribution in [0.4, 0.5) is 0 Å². The first kappa shape index (κ1) is 17.8. The van der Waals surface area contributed by atoms with E-state index in [0.717, 1.165) is 12.2 Å². The number of hydrogen-bond donors (Lipinski definition) is 0. The number of hydrogen-bond acceptors (Lipinski definition) is 1. The van der Waals surface area contributed by atoms with Gasteiger partial charge in [0.15, 0.2) is 0 Å². The van der Waals surface area contributed by atoms with Gasteiger partial charge in [-0.1, -0.05) is 76.5 Å². The molecule has 0 bridgehead atoms. The first-order chi connectivity index (χ1) is 10.3. The second-order valence-corrected chi connectivity index (χ2v) is 5.87. The quantitative estimate of drug-likeness (QED) is 0.303. The van der Waals surface area contributed by atoms with Gasteiger partial charge in [0.25, 0.3) is 0 Å². The van der Waals surface area contributed by atoms with Crippen molar-refractivity contribution in [2.24, 2.45) is 0 Å². The summed E-state index contributed by atoms with van der Waals surface area (Å²) in [6.45, 7) is 4.35. The number of rotatable bonds is 12. The molecule has 0 aromatic heterocycles. The van der Waals surface area contributed by atoms with Crippen molar-refractivity contribution >= 4 is 0 Å². The Labute approximate surface area is 131 Å². The Morgan fingerprint density at radius 1 is 0.857 bits per heavy atom. The minimum atomic E-state index is 0.959. The number of unbranched alkanes of at least 4 members (excludes halogenated alkanes) is 9. The van der Waals surface area contributed by atoms with Crippen molar-refractivity contribution in [3.63, 3.8) is 0 Å². The number of aryl methyl sites for hydroxylation is 1. The van der Waals surface area contributed by atoms with Crippen molar-refractivity contribution in [2.75, 3.05) is 0 Å². The fourth-order valence-electron chi connectivity index (χ4n) is 2.45. The Morgan fingerprint density at radius 2 is 1.48 bits per heavy atom. The molecule has 118 valence electrons. The second kappa shape index (κ2) is 12.5. The summed E-state index contributed by atoms with van der Waals surface area (Å²) in [4.78, 5) is 0. The molecule has 0 radical (unpaired) electrons. The number of para-hydroxylation sites is 1. The number of benzene rings is 1. The smallest absolute Gasteiger partial charge is 0.129 e. The summed E-state index contributed by atoms with van der Waals surface area (Å²) in [5, 5.41) is 0. The third-order valence-electron chi connectivity index (χ3n) is 3.86. The van der Waals surface area contributed by atoms with E-state index >= 15 is 0 Å². The van der Waals surface area contributed by atoms with Crippen molar-refractivity contribution in [2.45, 2.75) is 78.1 Å². The van der Waals surface area contributed by atoms with E-state index in [-0.39, 0.29) is 0 Å². The summed E-state index contributed by atoms with van der Waals surface area (Å²) in [6, 6.07) is 8.13. The molecule has 0 aliphatic carbocycles. The van der Waals surface area contributed by atoms with E-state index in [1.807, 2.05) is 24.5 Å². The minimum Gasteiger partial charge on any atom is -0.465 e. The maximum Gasteiger partial charge on any atom is 0.129 e. The van der Waals surface area contributed by atoms with Crippen molar-refractivity contribution in [3.8, 4) is 5.75 Å². The van der Waals surface area contributed by atoms with Crippen LogP contribution in [0.3, 0.4) is 0 Å². The minimum absolute atomic E-state index is 0.959. The van der Waals surface area contributed by atoms with Crippen LogP contribution in [0.5, 0.6) is 5.75 Å². The molecule has 0 saturated heterocycles. The summed E-state index contributed by atoms with van der Waals surface area (Å²) in [5.41, 5.74) is 1.19. The van der Waals surface area contributed by atoms with Crippen LogP contribution in [0.15, 0.2) is 36.6 Å². The third-order valence-corrected chi connectivity index (χ3v) is 3.86. The lowest BCUT2D eigenvalue weighted by atomic mass is 10.1.